The minimum Gasteiger partial charge on any atom is -0.507 e. The average Bonchev–Trinajstić information content (AvgIpc) is 3.48. The number of anilines is 1. The molecule has 8 nitrogen and oxygen atoms in total. The van der Waals surface area contributed by atoms with E-state index in [1.807, 2.05) is 13.1 Å². The van der Waals surface area contributed by atoms with E-state index in [0.717, 1.165) is 18.5 Å². The Labute approximate surface area is 174 Å². The number of nitrogens with one attached hydrogen (secondary N) is 1. The van der Waals surface area contributed by atoms with Crippen LogP contribution in [0.25, 0.3) is 0 Å². The van der Waals surface area contributed by atoms with Gasteiger partial charge in [-0.2, -0.15) is 5.10 Å². The maximum Gasteiger partial charge on any atom is 0.257 e. The summed E-state index contributed by atoms with van der Waals surface area (Å²) in [5.41, 5.74) is 1.94. The molecule has 0 saturated carbocycles. The molecule has 30 heavy (non-hydrogen) atoms. The van der Waals surface area contributed by atoms with E-state index < -0.39 is 0 Å². The number of aromatic hydroxyl groups is 1. The summed E-state index contributed by atoms with van der Waals surface area (Å²) in [4.78, 5) is 27.1. The summed E-state index contributed by atoms with van der Waals surface area (Å²) >= 11 is 0. The summed E-state index contributed by atoms with van der Waals surface area (Å²) in [6.45, 7) is 1.11. The topological polar surface area (TPSA) is 101 Å². The van der Waals surface area contributed by atoms with Crippen molar-refractivity contribution in [2.45, 2.75) is 31.8 Å². The Kier molecular flexibility index (Phi) is 5.56. The van der Waals surface area contributed by atoms with Gasteiger partial charge in [-0.25, -0.2) is 0 Å². The van der Waals surface area contributed by atoms with Gasteiger partial charge in [0.25, 0.3) is 5.91 Å². The molecule has 1 fully saturated rings. The lowest BCUT2D eigenvalue weighted by Crippen LogP contribution is -2.36. The number of ketones is 1. The fourth-order valence-electron chi connectivity index (χ4n) is 3.81. The molecule has 1 amide bonds. The normalized spacial score (nSPS) is 16.0. The maximum absolute atomic E-state index is 13.0. The van der Waals surface area contributed by atoms with Crippen molar-refractivity contribution in [1.29, 1.82) is 0 Å². The highest BCUT2D eigenvalue weighted by Crippen LogP contribution is 2.29. The van der Waals surface area contributed by atoms with E-state index in [0.29, 0.717) is 24.5 Å². The van der Waals surface area contributed by atoms with Crippen LogP contribution in [-0.4, -0.2) is 44.1 Å². The molecule has 0 bridgehead atoms. The number of hydrogen-bond acceptors (Lipinski definition) is 6. The summed E-state index contributed by atoms with van der Waals surface area (Å²) in [5.74, 6) is -0.164. The van der Waals surface area contributed by atoms with E-state index in [1.165, 1.54) is 6.26 Å². The number of carbonyl (C=O) groups is 2. The maximum atomic E-state index is 13.0. The predicted molar refractivity (Wildman–Crippen MR) is 110 cm³/mol. The number of Topliss-reactive ketones (excluding diaryl/α,β-unsaturated/α-hetero) is 1. The van der Waals surface area contributed by atoms with Gasteiger partial charge in [0.05, 0.1) is 24.1 Å². The van der Waals surface area contributed by atoms with E-state index in [2.05, 4.69) is 10.4 Å². The van der Waals surface area contributed by atoms with Gasteiger partial charge in [-0.15, -0.1) is 0 Å². The van der Waals surface area contributed by atoms with Gasteiger partial charge in [0, 0.05) is 44.0 Å². The number of nitrogens with zero attached hydrogens (tertiary/aromatic N) is 3. The Bertz CT molecular complexity index is 1040. The highest BCUT2D eigenvalue weighted by atomic mass is 16.3. The third-order valence-corrected chi connectivity index (χ3v) is 5.48. The van der Waals surface area contributed by atoms with Crippen molar-refractivity contribution in [1.82, 2.24) is 14.7 Å². The van der Waals surface area contributed by atoms with Gasteiger partial charge >= 0.3 is 0 Å². The molecule has 1 aliphatic heterocycles. The summed E-state index contributed by atoms with van der Waals surface area (Å²) < 4.78 is 6.94. The lowest BCUT2D eigenvalue weighted by atomic mass is 10.1. The fraction of sp³-hybridized carbons (Fsp3) is 0.318. The second kappa shape index (κ2) is 8.44. The van der Waals surface area contributed by atoms with E-state index >= 15 is 0 Å². The Morgan fingerprint density at radius 1 is 1.30 bits per heavy atom. The number of likely N-dealkylation sites (tertiary alicyclic amines) is 1. The van der Waals surface area contributed by atoms with Crippen molar-refractivity contribution in [2.24, 2.45) is 7.05 Å². The van der Waals surface area contributed by atoms with Gasteiger partial charge in [0.2, 0.25) is 0 Å². The van der Waals surface area contributed by atoms with Crippen molar-refractivity contribution < 1.29 is 19.1 Å². The van der Waals surface area contributed by atoms with Crippen LogP contribution >= 0.6 is 0 Å². The number of amides is 1. The highest BCUT2D eigenvalue weighted by Gasteiger charge is 2.32. The molecule has 3 heterocycles. The molecule has 4 rings (SSSR count). The van der Waals surface area contributed by atoms with E-state index in [-0.39, 0.29) is 35.5 Å². The van der Waals surface area contributed by atoms with Gasteiger partial charge in [0.1, 0.15) is 5.75 Å². The minimum atomic E-state index is -0.263. The predicted octanol–water partition coefficient (Wildman–Crippen LogP) is 3.21. The average molecular weight is 408 g/mol. The Morgan fingerprint density at radius 2 is 2.17 bits per heavy atom. The fourth-order valence-corrected chi connectivity index (χ4v) is 3.81. The number of hydrogen-bond donors (Lipinski definition) is 2. The summed E-state index contributed by atoms with van der Waals surface area (Å²) in [5, 5.41) is 17.8. The lowest BCUT2D eigenvalue weighted by Gasteiger charge is -2.24. The van der Waals surface area contributed by atoms with Gasteiger partial charge in [-0.1, -0.05) is 0 Å². The smallest absolute Gasteiger partial charge is 0.257 e. The van der Waals surface area contributed by atoms with Gasteiger partial charge in [-0.3, -0.25) is 14.3 Å². The van der Waals surface area contributed by atoms with Gasteiger partial charge in [-0.05, 0) is 43.2 Å². The first kappa shape index (κ1) is 19.8. The van der Waals surface area contributed by atoms with Crippen LogP contribution in [0.2, 0.25) is 0 Å². The zero-order valence-electron chi connectivity index (χ0n) is 16.7. The van der Waals surface area contributed by atoms with E-state index in [1.54, 1.807) is 46.1 Å². The van der Waals surface area contributed by atoms with Crippen LogP contribution in [0, 0.1) is 0 Å². The SMILES string of the molecule is Cn1nccc1CNc1ccc(C(=O)N2CCCC2CC(=O)c2ccco2)c(O)c1. The second-order valence-electron chi connectivity index (χ2n) is 7.43. The summed E-state index contributed by atoms with van der Waals surface area (Å²) in [7, 11) is 1.86. The number of rotatable bonds is 7. The number of furan rings is 1. The summed E-state index contributed by atoms with van der Waals surface area (Å²) in [6.07, 6.45) is 4.98. The quantitative estimate of drug-likeness (QED) is 0.582. The zero-order chi connectivity index (χ0) is 21.1. The molecular weight excluding hydrogens is 384 g/mol. The Morgan fingerprint density at radius 3 is 2.87 bits per heavy atom. The van der Waals surface area contributed by atoms with Gasteiger partial charge in [0.15, 0.2) is 11.5 Å². The molecule has 1 unspecified atom stereocenters. The third kappa shape index (κ3) is 4.07. The second-order valence-corrected chi connectivity index (χ2v) is 7.43. The molecule has 1 aliphatic rings. The van der Waals surface area contributed by atoms with Crippen LogP contribution < -0.4 is 5.32 Å². The number of benzene rings is 1. The standard InChI is InChI=1S/C22H24N4O4/c1-25-17(8-9-24-25)14-23-15-6-7-18(19(27)12-15)22(29)26-10-2-4-16(26)13-20(28)21-5-3-11-30-21/h3,5-9,11-12,16,23,27H,2,4,10,13-14H2,1H3. The molecule has 0 spiro atoms. The molecule has 1 atom stereocenters. The lowest BCUT2D eigenvalue weighted by molar-refractivity contribution is 0.0710. The van der Waals surface area contributed by atoms with E-state index in [9.17, 15) is 14.7 Å². The Balaban J connectivity index is 1.43. The monoisotopic (exact) mass is 408 g/mol. The molecule has 0 aliphatic carbocycles. The molecule has 156 valence electrons. The first-order valence-corrected chi connectivity index (χ1v) is 9.94. The van der Waals surface area contributed by atoms with Crippen molar-refractivity contribution in [2.75, 3.05) is 11.9 Å². The molecule has 1 saturated heterocycles. The van der Waals surface area contributed by atoms with Crippen molar-refractivity contribution in [3.8, 4) is 5.75 Å². The first-order chi connectivity index (χ1) is 14.5. The molecule has 2 N–H and O–H groups in total. The molecule has 1 aromatic carbocycles. The molecule has 8 heteroatoms. The van der Waals surface area contributed by atoms with Gasteiger partial charge < -0.3 is 19.7 Å². The molecule has 2 aromatic heterocycles. The minimum absolute atomic E-state index is 0.0852. The van der Waals surface area contributed by atoms with E-state index in [4.69, 9.17) is 4.42 Å². The zero-order valence-corrected chi connectivity index (χ0v) is 16.7. The Hall–Kier alpha value is -3.55. The number of aryl methyl sites for hydroxylation is 1. The van der Waals surface area contributed by atoms with Crippen molar-refractivity contribution in [3.05, 3.63) is 65.9 Å². The van der Waals surface area contributed by atoms with Crippen LogP contribution in [0.1, 0.15) is 45.9 Å². The van der Waals surface area contributed by atoms with Crippen LogP contribution in [0.15, 0.2) is 53.3 Å². The van der Waals surface area contributed by atoms with Crippen LogP contribution in [0.3, 0.4) is 0 Å². The molecular formula is C22H24N4O4. The highest BCUT2D eigenvalue weighted by molar-refractivity contribution is 5.99. The van der Waals surface area contributed by atoms with Crippen molar-refractivity contribution in [3.63, 3.8) is 0 Å². The van der Waals surface area contributed by atoms with Crippen LogP contribution in [0.5, 0.6) is 5.75 Å². The molecule has 0 radical (unpaired) electrons. The summed E-state index contributed by atoms with van der Waals surface area (Å²) in [6, 6.07) is 9.94. The number of carbonyl (C=O) groups excluding carboxylic acids is 2. The number of phenols is 1. The number of aromatic nitrogens is 2. The largest absolute Gasteiger partial charge is 0.507 e. The first-order valence-electron chi connectivity index (χ1n) is 9.94. The van der Waals surface area contributed by atoms with Crippen molar-refractivity contribution >= 4 is 17.4 Å². The third-order valence-electron chi connectivity index (χ3n) is 5.48. The van der Waals surface area contributed by atoms with Crippen LogP contribution in [-0.2, 0) is 13.6 Å². The molecule has 3 aromatic rings. The number of phenolic OH excluding ortho intramolecular Hbond substituents is 1. The van der Waals surface area contributed by atoms with Crippen LogP contribution in [0.4, 0.5) is 5.69 Å².